The Kier molecular flexibility index (Phi) is 9.38. The molecule has 0 aliphatic heterocycles. The quantitative estimate of drug-likeness (QED) is 0.422. The molecule has 0 amide bonds. The van der Waals surface area contributed by atoms with Crippen LogP contribution in [0.4, 0.5) is 0 Å². The van der Waals surface area contributed by atoms with Gasteiger partial charge >= 0.3 is 26.0 Å². The van der Waals surface area contributed by atoms with Crippen molar-refractivity contribution in [1.29, 1.82) is 0 Å². The first kappa shape index (κ1) is 11.3. The molecule has 0 rings (SSSR count). The summed E-state index contributed by atoms with van der Waals surface area (Å²) in [6, 6.07) is 0. The maximum atomic E-state index is 9.87. The van der Waals surface area contributed by atoms with Gasteiger partial charge in [-0.05, 0) is 6.92 Å². The van der Waals surface area contributed by atoms with E-state index in [2.05, 4.69) is 0 Å². The van der Waals surface area contributed by atoms with Crippen molar-refractivity contribution in [3.8, 4) is 0 Å². The predicted octanol–water partition coefficient (Wildman–Crippen LogP) is -0.450. The standard InChI is InChI=1S/C4H6O3.Al.O/c1-3(5)2-4(6)7;;/h2H2,1H3,(H,6,7);;. The van der Waals surface area contributed by atoms with Crippen molar-refractivity contribution >= 4 is 28.0 Å². The summed E-state index contributed by atoms with van der Waals surface area (Å²) < 4.78 is 8.17. The first-order valence-electron chi connectivity index (χ1n) is 2.07. The molecule has 1 N–H and O–H groups in total. The van der Waals surface area contributed by atoms with Gasteiger partial charge in [0.25, 0.3) is 0 Å². The van der Waals surface area contributed by atoms with Crippen LogP contribution in [0.25, 0.3) is 0 Å². The van der Waals surface area contributed by atoms with Gasteiger partial charge in [-0.15, -0.1) is 0 Å². The molecule has 1 radical (unpaired) electrons. The van der Waals surface area contributed by atoms with E-state index in [1.54, 1.807) is 0 Å². The average molecular weight is 145 g/mol. The number of carbonyl (C=O) groups excluding carboxylic acids is 1. The van der Waals surface area contributed by atoms with Crippen molar-refractivity contribution in [3.05, 3.63) is 0 Å². The third kappa shape index (κ3) is 18.6. The molecule has 0 atom stereocenters. The van der Waals surface area contributed by atoms with Gasteiger partial charge in [0.1, 0.15) is 12.2 Å². The molecule has 0 aliphatic carbocycles. The molecule has 0 aromatic heterocycles. The monoisotopic (exact) mass is 145 g/mol. The zero-order chi connectivity index (χ0) is 7.86. The Balaban J connectivity index is 0. The van der Waals surface area contributed by atoms with Crippen LogP contribution in [-0.2, 0) is 13.4 Å². The van der Waals surface area contributed by atoms with Crippen LogP contribution in [0.5, 0.6) is 0 Å². The molecule has 0 unspecified atom stereocenters. The molecule has 0 aliphatic rings. The van der Waals surface area contributed by atoms with Crippen LogP contribution in [0.2, 0.25) is 0 Å². The van der Waals surface area contributed by atoms with E-state index in [4.69, 9.17) is 8.91 Å². The van der Waals surface area contributed by atoms with Gasteiger partial charge in [-0.2, -0.15) is 0 Å². The summed E-state index contributed by atoms with van der Waals surface area (Å²) in [5.74, 6) is -1.37. The van der Waals surface area contributed by atoms with Crippen molar-refractivity contribution in [3.63, 3.8) is 0 Å². The second kappa shape index (κ2) is 7.47. The molecule has 0 fully saturated rings. The molecular weight excluding hydrogens is 139 g/mol. The molecule has 4 nitrogen and oxygen atoms in total. The summed E-state index contributed by atoms with van der Waals surface area (Å²) in [5.41, 5.74) is 0. The normalized spacial score (nSPS) is 6.67. The van der Waals surface area contributed by atoms with Crippen molar-refractivity contribution in [1.82, 2.24) is 0 Å². The Hall–Kier alpha value is -0.528. The van der Waals surface area contributed by atoms with Gasteiger partial charge in [-0.25, -0.2) is 0 Å². The van der Waals surface area contributed by atoms with Crippen LogP contribution in [0, 0.1) is 0 Å². The van der Waals surface area contributed by atoms with Crippen molar-refractivity contribution < 1.29 is 18.5 Å². The zero-order valence-electron chi connectivity index (χ0n) is 4.96. The Bertz CT molecular complexity index is 99.1. The van der Waals surface area contributed by atoms with Crippen molar-refractivity contribution in [2.75, 3.05) is 0 Å². The van der Waals surface area contributed by atoms with Crippen LogP contribution in [0.1, 0.15) is 13.3 Å². The van der Waals surface area contributed by atoms with Crippen LogP contribution < -0.4 is 0 Å². The summed E-state index contributed by atoms with van der Waals surface area (Å²) in [7, 11) is 0. The second-order valence-corrected chi connectivity index (χ2v) is 1.27. The number of carboxylic acid groups (broad SMARTS) is 1. The van der Waals surface area contributed by atoms with Gasteiger partial charge < -0.3 is 5.11 Å². The first-order valence-corrected chi connectivity index (χ1v) is 2.55. The third-order valence-corrected chi connectivity index (χ3v) is 0.400. The predicted molar refractivity (Wildman–Crippen MR) is 29.4 cm³/mol. The first-order chi connectivity index (χ1) is 4.13. The number of hydrogen-bond acceptors (Lipinski definition) is 3. The van der Waals surface area contributed by atoms with E-state index in [0.717, 1.165) is 0 Å². The average Bonchev–Trinajstić information content (AvgIpc) is 1.68. The Labute approximate surface area is 60.5 Å². The van der Waals surface area contributed by atoms with E-state index in [1.807, 2.05) is 0 Å². The van der Waals surface area contributed by atoms with Crippen LogP contribution >= 0.6 is 0 Å². The van der Waals surface area contributed by atoms with Crippen LogP contribution in [0.3, 0.4) is 0 Å². The maximum absolute atomic E-state index is 9.87. The molecule has 0 aromatic rings. The van der Waals surface area contributed by atoms with E-state index in [-0.39, 0.29) is 12.2 Å². The van der Waals surface area contributed by atoms with E-state index in [9.17, 15) is 9.59 Å². The summed E-state index contributed by atoms with van der Waals surface area (Å²) in [6.45, 7) is 1.24. The molecule has 0 heterocycles. The Morgan fingerprint density at radius 2 is 1.78 bits per heavy atom. The molecule has 0 spiro atoms. The number of aliphatic carboxylic acids is 1. The SMILES string of the molecule is CC(=O)CC(=O)O.[O]=[Al]. The number of carboxylic acids is 1. The molecule has 0 saturated carbocycles. The van der Waals surface area contributed by atoms with Gasteiger partial charge in [0.15, 0.2) is 0 Å². The molecule has 0 aromatic carbocycles. The minimum absolute atomic E-state index is 0.312. The van der Waals surface area contributed by atoms with Crippen LogP contribution in [-0.4, -0.2) is 33.1 Å². The van der Waals surface area contributed by atoms with E-state index in [1.165, 1.54) is 23.1 Å². The summed E-state index contributed by atoms with van der Waals surface area (Å²) >= 11 is 1.17. The second-order valence-electron chi connectivity index (χ2n) is 1.27. The molecule has 9 heavy (non-hydrogen) atoms. The van der Waals surface area contributed by atoms with Crippen molar-refractivity contribution in [2.24, 2.45) is 0 Å². The van der Waals surface area contributed by atoms with Gasteiger partial charge in [-0.3, -0.25) is 9.59 Å². The van der Waals surface area contributed by atoms with Crippen molar-refractivity contribution in [2.45, 2.75) is 13.3 Å². The number of Topliss-reactive ketones (excluding diaryl/α,β-unsaturated/α-hetero) is 1. The minimum atomic E-state index is -1.06. The number of carbonyl (C=O) groups is 2. The fraction of sp³-hybridized carbons (Fsp3) is 0.500. The number of ketones is 1. The summed E-state index contributed by atoms with van der Waals surface area (Å²) in [4.78, 5) is 19.5. The van der Waals surface area contributed by atoms with Gasteiger partial charge in [0.05, 0.1) is 0 Å². The fourth-order valence-electron chi connectivity index (χ4n) is 0.213. The molecule has 5 heteroatoms. The Morgan fingerprint density at radius 1 is 1.44 bits per heavy atom. The summed E-state index contributed by atoms with van der Waals surface area (Å²) in [6.07, 6.45) is -0.361. The van der Waals surface area contributed by atoms with Gasteiger partial charge in [0.2, 0.25) is 0 Å². The van der Waals surface area contributed by atoms with E-state index in [0.29, 0.717) is 0 Å². The van der Waals surface area contributed by atoms with Gasteiger partial charge in [-0.1, -0.05) is 0 Å². The molecule has 0 saturated heterocycles. The van der Waals surface area contributed by atoms with Gasteiger partial charge in [0, 0.05) is 0 Å². The molecular formula is C4H6AlO4. The summed E-state index contributed by atoms with van der Waals surface area (Å²) in [5, 5.41) is 7.86. The Morgan fingerprint density at radius 3 is 1.78 bits per heavy atom. The molecule has 49 valence electrons. The van der Waals surface area contributed by atoms with E-state index < -0.39 is 5.97 Å². The number of hydrogen-bond donors (Lipinski definition) is 1. The topological polar surface area (TPSA) is 71.4 Å². The molecule has 0 bridgehead atoms. The zero-order valence-corrected chi connectivity index (χ0v) is 6.11. The van der Waals surface area contributed by atoms with E-state index >= 15 is 0 Å². The fourth-order valence-corrected chi connectivity index (χ4v) is 0.213. The number of rotatable bonds is 2. The third-order valence-electron chi connectivity index (χ3n) is 0.400. The van der Waals surface area contributed by atoms with Crippen LogP contribution in [0.15, 0.2) is 0 Å².